The fraction of sp³-hybridized carbons (Fsp3) is 0.800. The van der Waals surface area contributed by atoms with Crippen LogP contribution in [0.25, 0.3) is 0 Å². The number of aliphatic hydroxyl groups is 3. The van der Waals surface area contributed by atoms with Gasteiger partial charge in [0, 0.05) is 0 Å². The molecule has 0 radical (unpaired) electrons. The van der Waals surface area contributed by atoms with Crippen LogP contribution in [0.2, 0.25) is 0 Å². The summed E-state index contributed by atoms with van der Waals surface area (Å²) in [6, 6.07) is 1.66. The Hall–Kier alpha value is -0.630. The van der Waals surface area contributed by atoms with E-state index in [0.29, 0.717) is 0 Å². The average molecular weight is 131 g/mol. The van der Waals surface area contributed by atoms with Gasteiger partial charge in [0.05, 0.1) is 25.2 Å². The van der Waals surface area contributed by atoms with Crippen LogP contribution in [0.1, 0.15) is 6.42 Å². The van der Waals surface area contributed by atoms with Gasteiger partial charge in [0.1, 0.15) is 6.10 Å². The van der Waals surface area contributed by atoms with Crippen molar-refractivity contribution < 1.29 is 15.3 Å². The minimum Gasteiger partial charge on any atom is -0.394 e. The molecule has 0 aromatic heterocycles. The van der Waals surface area contributed by atoms with Gasteiger partial charge in [0.15, 0.2) is 0 Å². The van der Waals surface area contributed by atoms with E-state index in [1.165, 1.54) is 0 Å². The molecule has 0 aliphatic carbocycles. The second kappa shape index (κ2) is 4.27. The van der Waals surface area contributed by atoms with Gasteiger partial charge >= 0.3 is 0 Å². The van der Waals surface area contributed by atoms with Crippen LogP contribution in [0.15, 0.2) is 0 Å². The average Bonchev–Trinajstić information content (AvgIpc) is 1.87. The van der Waals surface area contributed by atoms with Gasteiger partial charge in [-0.15, -0.1) is 0 Å². The van der Waals surface area contributed by atoms with E-state index in [2.05, 4.69) is 0 Å². The number of nitriles is 1. The first-order valence-corrected chi connectivity index (χ1v) is 2.56. The standard InChI is InChI=1S/C5H9NO3/c6-2-1-4(8)5(9)3-7/h4-5,7-9H,1,3H2/t4-,5+/m0/s1. The molecule has 0 heterocycles. The van der Waals surface area contributed by atoms with Crippen LogP contribution >= 0.6 is 0 Å². The molecule has 3 N–H and O–H groups in total. The monoisotopic (exact) mass is 131 g/mol. The molecule has 9 heavy (non-hydrogen) atoms. The molecular formula is C5H9NO3. The minimum atomic E-state index is -1.19. The predicted molar refractivity (Wildman–Crippen MR) is 29.3 cm³/mol. The first-order valence-electron chi connectivity index (χ1n) is 2.56. The van der Waals surface area contributed by atoms with E-state index >= 15 is 0 Å². The molecule has 0 amide bonds. The van der Waals surface area contributed by atoms with E-state index in [-0.39, 0.29) is 6.42 Å². The lowest BCUT2D eigenvalue weighted by Gasteiger charge is -2.10. The van der Waals surface area contributed by atoms with Crippen LogP contribution in [0, 0.1) is 11.3 Å². The van der Waals surface area contributed by atoms with Crippen molar-refractivity contribution in [2.75, 3.05) is 6.61 Å². The fourth-order valence-electron chi connectivity index (χ4n) is 0.351. The van der Waals surface area contributed by atoms with Crippen molar-refractivity contribution in [3.05, 3.63) is 0 Å². The summed E-state index contributed by atoms with van der Waals surface area (Å²) in [4.78, 5) is 0. The normalized spacial score (nSPS) is 16.2. The number of rotatable bonds is 3. The Morgan fingerprint density at radius 2 is 1.89 bits per heavy atom. The van der Waals surface area contributed by atoms with E-state index < -0.39 is 18.8 Å². The highest BCUT2D eigenvalue weighted by atomic mass is 16.4. The van der Waals surface area contributed by atoms with Crippen molar-refractivity contribution in [3.63, 3.8) is 0 Å². The lowest BCUT2D eigenvalue weighted by Crippen LogP contribution is -2.28. The zero-order valence-corrected chi connectivity index (χ0v) is 4.86. The van der Waals surface area contributed by atoms with Crippen LogP contribution in [0.3, 0.4) is 0 Å². The predicted octanol–water partition coefficient (Wildman–Crippen LogP) is -1.39. The number of aliphatic hydroxyl groups excluding tert-OH is 3. The highest BCUT2D eigenvalue weighted by Crippen LogP contribution is 1.95. The van der Waals surface area contributed by atoms with Crippen molar-refractivity contribution in [1.29, 1.82) is 5.26 Å². The number of nitrogens with zero attached hydrogens (tertiary/aromatic N) is 1. The molecule has 0 spiro atoms. The summed E-state index contributed by atoms with van der Waals surface area (Å²) < 4.78 is 0. The molecule has 4 nitrogen and oxygen atoms in total. The van der Waals surface area contributed by atoms with Crippen LogP contribution in [-0.2, 0) is 0 Å². The maximum Gasteiger partial charge on any atom is 0.104 e. The molecule has 0 rings (SSSR count). The molecule has 4 heteroatoms. The third-order valence-electron chi connectivity index (χ3n) is 0.932. The van der Waals surface area contributed by atoms with Crippen molar-refractivity contribution in [2.24, 2.45) is 0 Å². The molecule has 0 aromatic rings. The van der Waals surface area contributed by atoms with Crippen LogP contribution in [0.5, 0.6) is 0 Å². The first kappa shape index (κ1) is 8.37. The van der Waals surface area contributed by atoms with E-state index in [1.807, 2.05) is 0 Å². The molecule has 0 bridgehead atoms. The molecular weight excluding hydrogens is 122 g/mol. The summed E-state index contributed by atoms with van der Waals surface area (Å²) in [7, 11) is 0. The van der Waals surface area contributed by atoms with Crippen molar-refractivity contribution in [3.8, 4) is 6.07 Å². The van der Waals surface area contributed by atoms with Gasteiger partial charge in [0.25, 0.3) is 0 Å². The zero-order valence-electron chi connectivity index (χ0n) is 4.86. The lowest BCUT2D eigenvalue weighted by atomic mass is 10.2. The summed E-state index contributed by atoms with van der Waals surface area (Å²) in [6.45, 7) is -0.511. The Morgan fingerprint density at radius 3 is 2.22 bits per heavy atom. The summed E-state index contributed by atoms with van der Waals surface area (Å²) in [5.74, 6) is 0. The molecule has 0 aromatic carbocycles. The van der Waals surface area contributed by atoms with Crippen LogP contribution < -0.4 is 0 Å². The van der Waals surface area contributed by atoms with Gasteiger partial charge in [-0.3, -0.25) is 0 Å². The summed E-state index contributed by atoms with van der Waals surface area (Å²) in [6.07, 6.45) is -2.47. The Labute approximate surface area is 53.0 Å². The Balaban J connectivity index is 3.48. The van der Waals surface area contributed by atoms with E-state index in [1.54, 1.807) is 6.07 Å². The molecule has 52 valence electrons. The number of hydrogen-bond acceptors (Lipinski definition) is 4. The van der Waals surface area contributed by atoms with Gasteiger partial charge in [-0.1, -0.05) is 0 Å². The number of hydrogen-bond donors (Lipinski definition) is 3. The van der Waals surface area contributed by atoms with E-state index in [9.17, 15) is 0 Å². The molecule has 0 aliphatic rings. The Bertz CT molecular complexity index is 109. The third kappa shape index (κ3) is 3.03. The molecule has 0 unspecified atom stereocenters. The molecule has 0 fully saturated rings. The lowest BCUT2D eigenvalue weighted by molar-refractivity contribution is -0.0112. The van der Waals surface area contributed by atoms with Gasteiger partial charge < -0.3 is 15.3 Å². The highest BCUT2D eigenvalue weighted by molar-refractivity contribution is 4.79. The third-order valence-corrected chi connectivity index (χ3v) is 0.932. The second-order valence-electron chi connectivity index (χ2n) is 1.68. The summed E-state index contributed by atoms with van der Waals surface area (Å²) in [5.41, 5.74) is 0. The summed E-state index contributed by atoms with van der Waals surface area (Å²) in [5, 5.41) is 33.5. The molecule has 0 saturated carbocycles. The Morgan fingerprint density at radius 1 is 1.33 bits per heavy atom. The van der Waals surface area contributed by atoms with Crippen molar-refractivity contribution >= 4 is 0 Å². The van der Waals surface area contributed by atoms with E-state index in [0.717, 1.165) is 0 Å². The second-order valence-corrected chi connectivity index (χ2v) is 1.68. The molecule has 0 aliphatic heterocycles. The first-order chi connectivity index (χ1) is 4.22. The van der Waals surface area contributed by atoms with Crippen LogP contribution in [0.4, 0.5) is 0 Å². The van der Waals surface area contributed by atoms with Gasteiger partial charge in [-0.25, -0.2) is 0 Å². The maximum absolute atomic E-state index is 8.69. The topological polar surface area (TPSA) is 84.5 Å². The molecule has 0 saturated heterocycles. The van der Waals surface area contributed by atoms with E-state index in [4.69, 9.17) is 20.6 Å². The Kier molecular flexibility index (Phi) is 3.97. The minimum absolute atomic E-state index is 0.151. The van der Waals surface area contributed by atoms with Crippen molar-refractivity contribution in [1.82, 2.24) is 0 Å². The van der Waals surface area contributed by atoms with Crippen molar-refractivity contribution in [2.45, 2.75) is 18.6 Å². The van der Waals surface area contributed by atoms with Gasteiger partial charge in [-0.05, 0) is 0 Å². The quantitative estimate of drug-likeness (QED) is 0.440. The zero-order chi connectivity index (χ0) is 7.28. The highest BCUT2D eigenvalue weighted by Gasteiger charge is 2.13. The summed E-state index contributed by atoms with van der Waals surface area (Å²) >= 11 is 0. The maximum atomic E-state index is 8.69. The van der Waals surface area contributed by atoms with Crippen LogP contribution in [-0.4, -0.2) is 34.1 Å². The fourth-order valence-corrected chi connectivity index (χ4v) is 0.351. The van der Waals surface area contributed by atoms with Gasteiger partial charge in [0.2, 0.25) is 0 Å². The molecule has 2 atom stereocenters. The smallest absolute Gasteiger partial charge is 0.104 e. The largest absolute Gasteiger partial charge is 0.394 e. The van der Waals surface area contributed by atoms with Gasteiger partial charge in [-0.2, -0.15) is 5.26 Å². The SMILES string of the molecule is N#CC[C@H](O)[C@H](O)CO.